The Morgan fingerprint density at radius 1 is 0.769 bits per heavy atom. The molecule has 0 radical (unpaired) electrons. The summed E-state index contributed by atoms with van der Waals surface area (Å²) in [5, 5.41) is 0. The Morgan fingerprint density at radius 3 is 1.81 bits per heavy atom. The molecule has 0 heterocycles. The monoisotopic (exact) mass is 370 g/mol. The van der Waals surface area contributed by atoms with Crippen LogP contribution in [0.3, 0.4) is 0 Å². The predicted octanol–water partition coefficient (Wildman–Crippen LogP) is 6.21. The molecule has 154 valence electrons. The molecule has 0 aliphatic heterocycles. The van der Waals surface area contributed by atoms with Crippen molar-refractivity contribution in [2.45, 2.75) is 118 Å². The highest BCUT2D eigenvalue weighted by Crippen LogP contribution is 2.22. The lowest BCUT2D eigenvalue weighted by Gasteiger charge is -2.26. The molecule has 0 rings (SSSR count). The average molecular weight is 371 g/mol. The second kappa shape index (κ2) is 15.0. The van der Waals surface area contributed by atoms with E-state index in [2.05, 4.69) is 6.92 Å². The zero-order chi connectivity index (χ0) is 19.8. The van der Waals surface area contributed by atoms with Gasteiger partial charge in [-0.1, -0.05) is 79.1 Å². The molecule has 0 bridgehead atoms. The van der Waals surface area contributed by atoms with E-state index in [1.807, 2.05) is 27.7 Å². The fraction of sp³-hybridized carbons (Fsp3) is 0.909. The Labute approximate surface area is 161 Å². The number of ether oxygens (including phenoxy) is 2. The van der Waals surface area contributed by atoms with Gasteiger partial charge < -0.3 is 9.47 Å². The Kier molecular flexibility index (Phi) is 14.4. The van der Waals surface area contributed by atoms with Gasteiger partial charge in [0.2, 0.25) is 0 Å². The third-order valence-electron chi connectivity index (χ3n) is 4.80. The molecule has 4 heteroatoms. The van der Waals surface area contributed by atoms with Crippen LogP contribution < -0.4 is 0 Å². The van der Waals surface area contributed by atoms with E-state index in [0.717, 1.165) is 12.8 Å². The minimum atomic E-state index is -0.237. The molecule has 0 saturated heterocycles. The standard InChI is InChI=1S/C22H42O4/c1-6-7-8-9-10-11-12-13-14-18-25-20(23)16-15-17-21(24)26-19(2)22(3,4)5/h19H,6-18H2,1-5H3. The van der Waals surface area contributed by atoms with Gasteiger partial charge in [-0.25, -0.2) is 0 Å². The van der Waals surface area contributed by atoms with Crippen molar-refractivity contribution >= 4 is 11.9 Å². The Hall–Kier alpha value is -1.06. The number of unbranched alkanes of at least 4 members (excludes halogenated alkanes) is 8. The van der Waals surface area contributed by atoms with E-state index in [9.17, 15) is 9.59 Å². The van der Waals surface area contributed by atoms with Crippen molar-refractivity contribution in [2.75, 3.05) is 6.61 Å². The number of rotatable bonds is 15. The molecule has 26 heavy (non-hydrogen) atoms. The van der Waals surface area contributed by atoms with Gasteiger partial charge in [0.25, 0.3) is 0 Å². The normalized spacial score (nSPS) is 12.7. The van der Waals surface area contributed by atoms with Gasteiger partial charge in [0.15, 0.2) is 0 Å². The van der Waals surface area contributed by atoms with Crippen molar-refractivity contribution in [3.8, 4) is 0 Å². The minimum absolute atomic E-state index is 0.0654. The van der Waals surface area contributed by atoms with Gasteiger partial charge in [-0.2, -0.15) is 0 Å². The van der Waals surface area contributed by atoms with Crippen molar-refractivity contribution < 1.29 is 19.1 Å². The van der Waals surface area contributed by atoms with Gasteiger partial charge >= 0.3 is 11.9 Å². The van der Waals surface area contributed by atoms with Crippen molar-refractivity contribution in [1.82, 2.24) is 0 Å². The molecule has 4 nitrogen and oxygen atoms in total. The van der Waals surface area contributed by atoms with Crippen LogP contribution in [0.5, 0.6) is 0 Å². The summed E-state index contributed by atoms with van der Waals surface area (Å²) in [4.78, 5) is 23.4. The highest BCUT2D eigenvalue weighted by atomic mass is 16.5. The average Bonchev–Trinajstić information content (AvgIpc) is 2.55. The lowest BCUT2D eigenvalue weighted by atomic mass is 9.90. The van der Waals surface area contributed by atoms with Crippen LogP contribution in [0.2, 0.25) is 0 Å². The van der Waals surface area contributed by atoms with Crippen LogP contribution in [0.15, 0.2) is 0 Å². The van der Waals surface area contributed by atoms with Crippen LogP contribution in [0.25, 0.3) is 0 Å². The van der Waals surface area contributed by atoms with Gasteiger partial charge in [-0.15, -0.1) is 0 Å². The summed E-state index contributed by atoms with van der Waals surface area (Å²) >= 11 is 0. The van der Waals surface area contributed by atoms with E-state index in [0.29, 0.717) is 13.0 Å². The number of esters is 2. The molecule has 0 saturated carbocycles. The van der Waals surface area contributed by atoms with Gasteiger partial charge in [0.1, 0.15) is 6.10 Å². The lowest BCUT2D eigenvalue weighted by Crippen LogP contribution is -2.28. The smallest absolute Gasteiger partial charge is 0.306 e. The Morgan fingerprint density at radius 2 is 1.27 bits per heavy atom. The highest BCUT2D eigenvalue weighted by molar-refractivity contribution is 5.72. The summed E-state index contributed by atoms with van der Waals surface area (Å²) in [6, 6.07) is 0. The molecule has 0 N–H and O–H groups in total. The van der Waals surface area contributed by atoms with E-state index in [-0.39, 0.29) is 36.3 Å². The van der Waals surface area contributed by atoms with E-state index >= 15 is 0 Å². The zero-order valence-electron chi connectivity index (χ0n) is 17.9. The second-order valence-electron chi connectivity index (χ2n) is 8.40. The van der Waals surface area contributed by atoms with Gasteiger partial charge in [0.05, 0.1) is 6.61 Å². The first-order chi connectivity index (χ1) is 12.3. The van der Waals surface area contributed by atoms with Crippen molar-refractivity contribution in [1.29, 1.82) is 0 Å². The van der Waals surface area contributed by atoms with E-state index in [1.165, 1.54) is 44.9 Å². The van der Waals surface area contributed by atoms with Crippen LogP contribution >= 0.6 is 0 Å². The molecule has 0 amide bonds. The second-order valence-corrected chi connectivity index (χ2v) is 8.40. The van der Waals surface area contributed by atoms with Crippen molar-refractivity contribution in [3.63, 3.8) is 0 Å². The molecule has 0 aromatic rings. The van der Waals surface area contributed by atoms with E-state index < -0.39 is 0 Å². The van der Waals surface area contributed by atoms with Crippen LogP contribution in [-0.2, 0) is 19.1 Å². The summed E-state index contributed by atoms with van der Waals surface area (Å²) in [6.45, 7) is 10.7. The molecule has 1 atom stereocenters. The first kappa shape index (κ1) is 24.9. The zero-order valence-corrected chi connectivity index (χ0v) is 17.9. The summed E-state index contributed by atoms with van der Waals surface area (Å²) < 4.78 is 10.6. The summed E-state index contributed by atoms with van der Waals surface area (Å²) in [5.41, 5.74) is -0.0654. The highest BCUT2D eigenvalue weighted by Gasteiger charge is 2.23. The molecule has 0 aliphatic carbocycles. The van der Waals surface area contributed by atoms with Crippen molar-refractivity contribution in [2.24, 2.45) is 5.41 Å². The van der Waals surface area contributed by atoms with Crippen LogP contribution in [0, 0.1) is 5.41 Å². The molecular weight excluding hydrogens is 328 g/mol. The molecule has 0 spiro atoms. The Balaban J connectivity index is 3.48. The molecular formula is C22H42O4. The summed E-state index contributed by atoms with van der Waals surface area (Å²) in [6.07, 6.45) is 12.2. The first-order valence-corrected chi connectivity index (χ1v) is 10.6. The van der Waals surface area contributed by atoms with Gasteiger partial charge in [-0.3, -0.25) is 9.59 Å². The van der Waals surface area contributed by atoms with Crippen LogP contribution in [-0.4, -0.2) is 24.6 Å². The fourth-order valence-electron chi connectivity index (χ4n) is 2.48. The maximum absolute atomic E-state index is 11.8. The number of carbonyl (C=O) groups excluding carboxylic acids is 2. The maximum atomic E-state index is 11.8. The Bertz CT molecular complexity index is 371. The summed E-state index contributed by atoms with van der Waals surface area (Å²) in [7, 11) is 0. The fourth-order valence-corrected chi connectivity index (χ4v) is 2.48. The molecule has 1 unspecified atom stereocenters. The van der Waals surface area contributed by atoms with Gasteiger partial charge in [-0.05, 0) is 25.2 Å². The SMILES string of the molecule is CCCCCCCCCCCOC(=O)CCCC(=O)OC(C)C(C)(C)C. The minimum Gasteiger partial charge on any atom is -0.466 e. The molecule has 0 aromatic carbocycles. The van der Waals surface area contributed by atoms with Crippen LogP contribution in [0.4, 0.5) is 0 Å². The number of carbonyl (C=O) groups is 2. The molecule has 0 aromatic heterocycles. The van der Waals surface area contributed by atoms with Crippen molar-refractivity contribution in [3.05, 3.63) is 0 Å². The van der Waals surface area contributed by atoms with E-state index in [1.54, 1.807) is 0 Å². The largest absolute Gasteiger partial charge is 0.466 e. The quantitative estimate of drug-likeness (QED) is 0.254. The maximum Gasteiger partial charge on any atom is 0.306 e. The third-order valence-corrected chi connectivity index (χ3v) is 4.80. The third kappa shape index (κ3) is 15.2. The van der Waals surface area contributed by atoms with Gasteiger partial charge in [0, 0.05) is 12.8 Å². The molecule has 0 aliphatic rings. The lowest BCUT2D eigenvalue weighted by molar-refractivity contribution is -0.153. The number of hydrogen-bond donors (Lipinski definition) is 0. The topological polar surface area (TPSA) is 52.6 Å². The molecule has 0 fully saturated rings. The summed E-state index contributed by atoms with van der Waals surface area (Å²) in [5.74, 6) is -0.444. The first-order valence-electron chi connectivity index (χ1n) is 10.6. The predicted molar refractivity (Wildman–Crippen MR) is 107 cm³/mol. The van der Waals surface area contributed by atoms with E-state index in [4.69, 9.17) is 9.47 Å². The van der Waals surface area contributed by atoms with Crippen LogP contribution in [0.1, 0.15) is 112 Å². The number of hydrogen-bond acceptors (Lipinski definition) is 4.